The fourth-order valence-electron chi connectivity index (χ4n) is 3.07. The van der Waals surface area contributed by atoms with Crippen LogP contribution in [0.3, 0.4) is 0 Å². The average molecular weight is 366 g/mol. The highest BCUT2D eigenvalue weighted by Crippen LogP contribution is 2.26. The van der Waals surface area contributed by atoms with Gasteiger partial charge in [-0.25, -0.2) is 10.4 Å². The summed E-state index contributed by atoms with van der Waals surface area (Å²) >= 11 is 6.02. The van der Waals surface area contributed by atoms with Crippen molar-refractivity contribution in [2.75, 3.05) is 5.01 Å². The Bertz CT molecular complexity index is 1100. The molecule has 1 aliphatic rings. The molecule has 4 rings (SSSR count). The molecule has 0 spiro atoms. The molecule has 26 heavy (non-hydrogen) atoms. The van der Waals surface area contributed by atoms with Gasteiger partial charge in [-0.05, 0) is 48.7 Å². The molecule has 2 aromatic carbocycles. The summed E-state index contributed by atoms with van der Waals surface area (Å²) < 4.78 is 0. The second kappa shape index (κ2) is 6.44. The molecule has 2 N–H and O–H groups in total. The number of carbonyl (C=O) groups excluding carboxylic acids is 1. The van der Waals surface area contributed by atoms with E-state index in [4.69, 9.17) is 11.6 Å². The van der Waals surface area contributed by atoms with Crippen LogP contribution in [0.15, 0.2) is 65.0 Å². The minimum Gasteiger partial charge on any atom is -0.321 e. The van der Waals surface area contributed by atoms with Crippen LogP contribution in [-0.4, -0.2) is 16.9 Å². The molecule has 0 bridgehead atoms. The fourth-order valence-corrected chi connectivity index (χ4v) is 3.25. The Morgan fingerprint density at radius 2 is 1.88 bits per heavy atom. The number of carbonyl (C=O) groups is 1. The topological polar surface area (TPSA) is 65.2 Å². The van der Waals surface area contributed by atoms with Gasteiger partial charge in [0.1, 0.15) is 0 Å². The van der Waals surface area contributed by atoms with E-state index in [0.29, 0.717) is 21.8 Å². The summed E-state index contributed by atoms with van der Waals surface area (Å²) in [7, 11) is 0. The third-order valence-corrected chi connectivity index (χ3v) is 4.63. The number of fused-ring (bicyclic) bond motifs is 1. The molecule has 0 radical (unpaired) electrons. The first-order valence-corrected chi connectivity index (χ1v) is 8.60. The van der Waals surface area contributed by atoms with Crippen molar-refractivity contribution >= 4 is 40.2 Å². The smallest absolute Gasteiger partial charge is 0.270 e. The van der Waals surface area contributed by atoms with E-state index >= 15 is 0 Å². The predicted octanol–water partition coefficient (Wildman–Crippen LogP) is 3.50. The van der Waals surface area contributed by atoms with Gasteiger partial charge < -0.3 is 4.98 Å². The highest BCUT2D eigenvalue weighted by Gasteiger charge is 2.33. The Hall–Kier alpha value is -2.89. The molecule has 2 heterocycles. The van der Waals surface area contributed by atoms with Crippen molar-refractivity contribution in [1.29, 1.82) is 0 Å². The molecule has 0 aliphatic carbocycles. The minimum atomic E-state index is -0.229. The number of nitrogens with one attached hydrogen (secondary N) is 2. The van der Waals surface area contributed by atoms with Crippen molar-refractivity contribution in [2.45, 2.75) is 13.0 Å². The fraction of sp³-hybridized carbons (Fsp3) is 0.100. The van der Waals surface area contributed by atoms with Crippen molar-refractivity contribution in [3.63, 3.8) is 0 Å². The lowest BCUT2D eigenvalue weighted by Gasteiger charge is -2.16. The molecule has 1 saturated heterocycles. The molecule has 1 aliphatic heterocycles. The summed E-state index contributed by atoms with van der Waals surface area (Å²) in [5, 5.41) is 2.92. The molecule has 1 unspecified atom stereocenters. The first kappa shape index (κ1) is 16.6. The van der Waals surface area contributed by atoms with Gasteiger partial charge in [0, 0.05) is 21.7 Å². The minimum absolute atomic E-state index is 0.202. The van der Waals surface area contributed by atoms with Gasteiger partial charge >= 0.3 is 0 Å². The normalized spacial score (nSPS) is 18.8. The van der Waals surface area contributed by atoms with E-state index in [9.17, 15) is 9.59 Å². The van der Waals surface area contributed by atoms with Crippen LogP contribution in [0.25, 0.3) is 17.0 Å². The second-order valence-corrected chi connectivity index (χ2v) is 6.65. The molecule has 1 amide bonds. The van der Waals surface area contributed by atoms with E-state index in [2.05, 4.69) is 10.4 Å². The van der Waals surface area contributed by atoms with Crippen molar-refractivity contribution in [3.05, 3.63) is 81.1 Å². The van der Waals surface area contributed by atoms with Gasteiger partial charge in [-0.1, -0.05) is 35.9 Å². The van der Waals surface area contributed by atoms with E-state index in [1.54, 1.807) is 36.4 Å². The first-order valence-electron chi connectivity index (χ1n) is 8.23. The van der Waals surface area contributed by atoms with Crippen LogP contribution in [0, 0.1) is 0 Å². The lowest BCUT2D eigenvalue weighted by atomic mass is 10.1. The van der Waals surface area contributed by atoms with E-state index < -0.39 is 0 Å². The molecule has 5 nitrogen and oxygen atoms in total. The van der Waals surface area contributed by atoms with E-state index in [0.717, 1.165) is 10.9 Å². The Morgan fingerprint density at radius 1 is 1.08 bits per heavy atom. The van der Waals surface area contributed by atoms with Crippen LogP contribution < -0.4 is 16.0 Å². The van der Waals surface area contributed by atoms with Crippen molar-refractivity contribution < 1.29 is 4.79 Å². The molecule has 6 heteroatoms. The number of nitrogens with zero attached hydrogens (tertiary/aromatic N) is 1. The number of amides is 1. The molecular formula is C20H16ClN3O2. The monoisotopic (exact) mass is 365 g/mol. The third-order valence-electron chi connectivity index (χ3n) is 4.40. The average Bonchev–Trinajstić information content (AvgIpc) is 2.90. The van der Waals surface area contributed by atoms with E-state index in [1.807, 2.05) is 31.2 Å². The van der Waals surface area contributed by atoms with Crippen molar-refractivity contribution in [1.82, 2.24) is 10.4 Å². The zero-order chi connectivity index (χ0) is 18.3. The number of rotatable bonds is 2. The van der Waals surface area contributed by atoms with Crippen molar-refractivity contribution in [2.24, 2.45) is 0 Å². The van der Waals surface area contributed by atoms with Gasteiger partial charge in [-0.3, -0.25) is 9.59 Å². The maximum atomic E-state index is 12.8. The highest BCUT2D eigenvalue weighted by atomic mass is 35.5. The molecule has 1 aromatic heterocycles. The van der Waals surface area contributed by atoms with Crippen LogP contribution >= 0.6 is 11.6 Å². The first-order chi connectivity index (χ1) is 12.5. The second-order valence-electron chi connectivity index (χ2n) is 6.21. The molecule has 3 aromatic rings. The Balaban J connectivity index is 1.75. The zero-order valence-electron chi connectivity index (χ0n) is 14.0. The number of aromatic amines is 1. The predicted molar refractivity (Wildman–Crippen MR) is 104 cm³/mol. The lowest BCUT2D eigenvalue weighted by Crippen LogP contribution is -2.36. The van der Waals surface area contributed by atoms with Crippen molar-refractivity contribution in [3.8, 4) is 0 Å². The lowest BCUT2D eigenvalue weighted by molar-refractivity contribution is -0.114. The summed E-state index contributed by atoms with van der Waals surface area (Å²) in [6, 6.07) is 16.2. The summed E-state index contributed by atoms with van der Waals surface area (Å²) in [6.07, 6.45) is 1.65. The third kappa shape index (κ3) is 2.92. The summed E-state index contributed by atoms with van der Waals surface area (Å²) in [5.41, 5.74) is 5.29. The maximum Gasteiger partial charge on any atom is 0.270 e. The number of hydrogen-bond donors (Lipinski definition) is 2. The van der Waals surface area contributed by atoms with Gasteiger partial charge in [0.25, 0.3) is 11.5 Å². The quantitative estimate of drug-likeness (QED) is 0.683. The Morgan fingerprint density at radius 3 is 2.69 bits per heavy atom. The number of para-hydroxylation sites is 1. The van der Waals surface area contributed by atoms with Gasteiger partial charge in [-0.2, -0.15) is 0 Å². The number of hydrazine groups is 1. The van der Waals surface area contributed by atoms with Gasteiger partial charge in [0.2, 0.25) is 0 Å². The van der Waals surface area contributed by atoms with Crippen LogP contribution in [0.5, 0.6) is 0 Å². The number of H-pyrrole nitrogens is 1. The standard InChI is InChI=1S/C20H16ClN3O2/c1-12-17(20(26)24(23-12)16-7-4-6-15(21)11-16)10-14-9-13-5-2-3-8-18(13)22-19(14)25/h2-12,23H,1H3,(H,22,25). The van der Waals surface area contributed by atoms with Crippen LogP contribution in [0.4, 0.5) is 5.69 Å². The number of benzene rings is 2. The SMILES string of the molecule is CC1NN(c2cccc(Cl)c2)C(=O)C1=Cc1cc2ccccc2[nH]c1=O. The maximum absolute atomic E-state index is 12.8. The summed E-state index contributed by atoms with van der Waals surface area (Å²) in [6.45, 7) is 1.88. The zero-order valence-corrected chi connectivity index (χ0v) is 14.7. The number of halogens is 1. The number of hydrogen-bond acceptors (Lipinski definition) is 3. The summed E-state index contributed by atoms with van der Waals surface area (Å²) in [5.74, 6) is -0.202. The largest absolute Gasteiger partial charge is 0.321 e. The Labute approximate surface area is 154 Å². The molecule has 130 valence electrons. The van der Waals surface area contributed by atoms with E-state index in [-0.39, 0.29) is 17.5 Å². The molecule has 0 saturated carbocycles. The van der Waals surface area contributed by atoms with Gasteiger partial charge in [0.05, 0.1) is 11.7 Å². The van der Waals surface area contributed by atoms with Crippen LogP contribution in [0.1, 0.15) is 12.5 Å². The van der Waals surface area contributed by atoms with Gasteiger partial charge in [-0.15, -0.1) is 0 Å². The number of anilines is 1. The van der Waals surface area contributed by atoms with Gasteiger partial charge in [0.15, 0.2) is 0 Å². The number of pyridine rings is 1. The Kier molecular flexibility index (Phi) is 4.11. The highest BCUT2D eigenvalue weighted by molar-refractivity contribution is 6.31. The molecule has 1 atom stereocenters. The molecular weight excluding hydrogens is 350 g/mol. The number of aromatic nitrogens is 1. The summed E-state index contributed by atoms with van der Waals surface area (Å²) in [4.78, 5) is 28.1. The van der Waals surface area contributed by atoms with Crippen LogP contribution in [0.2, 0.25) is 5.02 Å². The van der Waals surface area contributed by atoms with E-state index in [1.165, 1.54) is 5.01 Å². The van der Waals surface area contributed by atoms with Crippen LogP contribution in [-0.2, 0) is 4.79 Å². The molecule has 1 fully saturated rings.